The van der Waals surface area contributed by atoms with E-state index in [1.807, 2.05) is 20.8 Å². The van der Waals surface area contributed by atoms with Crippen molar-refractivity contribution in [2.45, 2.75) is 39.3 Å². The van der Waals surface area contributed by atoms with Crippen molar-refractivity contribution < 1.29 is 47.9 Å². The van der Waals surface area contributed by atoms with Crippen LogP contribution in [0.1, 0.15) is 27.2 Å². The summed E-state index contributed by atoms with van der Waals surface area (Å²) in [6.45, 7) is 10.3. The van der Waals surface area contributed by atoms with Gasteiger partial charge in [0.25, 0.3) is 0 Å². The lowest BCUT2D eigenvalue weighted by molar-refractivity contribution is -0.140. The molecule has 0 saturated carbocycles. The van der Waals surface area contributed by atoms with Gasteiger partial charge in [0, 0.05) is 13.1 Å². The molecule has 0 aromatic heterocycles. The first-order valence-electron chi connectivity index (χ1n) is 12.4. The van der Waals surface area contributed by atoms with Crippen LogP contribution in [-0.4, -0.2) is 133 Å². The SMILES string of the molecule is CC(C)(C)[C@H](NC(=O)COCCOCCOCCOCCOCCOCC=O)C(=O)N1CC[C@@H](O)C1. The number of β-amino-alcohol motifs (C(OH)–C–C–N with tert-alkyl or cyclic N) is 1. The maximum atomic E-state index is 12.8. The summed E-state index contributed by atoms with van der Waals surface area (Å²) in [5.74, 6) is -0.560. The summed E-state index contributed by atoms with van der Waals surface area (Å²) in [5, 5.41) is 12.5. The summed E-state index contributed by atoms with van der Waals surface area (Å²) in [4.78, 5) is 36.8. The van der Waals surface area contributed by atoms with E-state index in [0.29, 0.717) is 85.3 Å². The summed E-state index contributed by atoms with van der Waals surface area (Å²) >= 11 is 0. The number of likely N-dealkylation sites (tertiary alicyclic amines) is 1. The monoisotopic (exact) mass is 520 g/mol. The zero-order valence-corrected chi connectivity index (χ0v) is 21.9. The van der Waals surface area contributed by atoms with E-state index in [0.717, 1.165) is 0 Å². The van der Waals surface area contributed by atoms with Crippen LogP contribution in [0.25, 0.3) is 0 Å². The van der Waals surface area contributed by atoms with Gasteiger partial charge in [0.05, 0.1) is 72.2 Å². The number of ether oxygens (including phenoxy) is 6. The fourth-order valence-electron chi connectivity index (χ4n) is 3.27. The van der Waals surface area contributed by atoms with Crippen molar-refractivity contribution in [2.75, 3.05) is 92.4 Å². The number of hydrogen-bond acceptors (Lipinski definition) is 10. The highest BCUT2D eigenvalue weighted by Crippen LogP contribution is 2.23. The number of hydrogen-bond donors (Lipinski definition) is 2. The third kappa shape index (κ3) is 15.4. The van der Waals surface area contributed by atoms with E-state index in [2.05, 4.69) is 5.32 Å². The first-order valence-corrected chi connectivity index (χ1v) is 12.4. The van der Waals surface area contributed by atoms with E-state index in [1.165, 1.54) is 0 Å². The molecule has 2 atom stereocenters. The van der Waals surface area contributed by atoms with Crippen LogP contribution in [0.2, 0.25) is 0 Å². The summed E-state index contributed by atoms with van der Waals surface area (Å²) < 4.78 is 31.7. The van der Waals surface area contributed by atoms with Crippen molar-refractivity contribution in [3.05, 3.63) is 0 Å². The molecule has 0 aromatic rings. The molecule has 0 aromatic carbocycles. The second-order valence-corrected chi connectivity index (χ2v) is 9.34. The molecule has 0 aliphatic carbocycles. The molecule has 2 amide bonds. The second-order valence-electron chi connectivity index (χ2n) is 9.34. The molecule has 2 N–H and O–H groups in total. The Balaban J connectivity index is 1.98. The lowest BCUT2D eigenvalue weighted by Crippen LogP contribution is -2.55. The van der Waals surface area contributed by atoms with Gasteiger partial charge < -0.3 is 48.5 Å². The Hall–Kier alpha value is -1.67. The summed E-state index contributed by atoms with van der Waals surface area (Å²) in [6.07, 6.45) is 0.739. The van der Waals surface area contributed by atoms with Crippen LogP contribution in [-0.2, 0) is 42.8 Å². The van der Waals surface area contributed by atoms with Crippen molar-refractivity contribution in [3.8, 4) is 0 Å². The Bertz CT molecular complexity index is 614. The molecular weight excluding hydrogens is 476 g/mol. The number of nitrogens with one attached hydrogen (secondary N) is 1. The van der Waals surface area contributed by atoms with Crippen LogP contribution in [0.5, 0.6) is 0 Å². The van der Waals surface area contributed by atoms with Crippen molar-refractivity contribution in [2.24, 2.45) is 5.41 Å². The largest absolute Gasteiger partial charge is 0.391 e. The number of rotatable bonds is 21. The van der Waals surface area contributed by atoms with Crippen LogP contribution in [0.4, 0.5) is 0 Å². The predicted octanol–water partition coefficient (Wildman–Crippen LogP) is -0.591. The summed E-state index contributed by atoms with van der Waals surface area (Å²) in [7, 11) is 0. The van der Waals surface area contributed by atoms with Gasteiger partial charge in [-0.1, -0.05) is 20.8 Å². The van der Waals surface area contributed by atoms with Gasteiger partial charge in [0.2, 0.25) is 11.8 Å². The molecule has 1 fully saturated rings. The average Bonchev–Trinajstić information content (AvgIpc) is 3.27. The lowest BCUT2D eigenvalue weighted by atomic mass is 9.85. The highest BCUT2D eigenvalue weighted by atomic mass is 16.6. The second kappa shape index (κ2) is 19.4. The quantitative estimate of drug-likeness (QED) is 0.149. The van der Waals surface area contributed by atoms with Crippen LogP contribution in [0, 0.1) is 5.41 Å². The number of carbonyl (C=O) groups is 3. The highest BCUT2D eigenvalue weighted by molar-refractivity contribution is 5.89. The standard InChI is InChI=1S/C24H44N2O10/c1-24(2,3)22(23(30)26-5-4-20(28)18-26)25-21(29)19-36-17-16-35-15-14-34-13-12-33-11-10-32-9-8-31-7-6-27/h6,20,22,28H,4-5,7-19H2,1-3H3,(H,25,29)/t20-,22-/m1/s1. The minimum Gasteiger partial charge on any atom is -0.391 e. The molecule has 1 aliphatic heterocycles. The van der Waals surface area contributed by atoms with Gasteiger partial charge in [-0.25, -0.2) is 0 Å². The summed E-state index contributed by atoms with van der Waals surface area (Å²) in [5.41, 5.74) is -0.476. The highest BCUT2D eigenvalue weighted by Gasteiger charge is 2.37. The molecule has 210 valence electrons. The van der Waals surface area contributed by atoms with Crippen molar-refractivity contribution >= 4 is 18.1 Å². The number of aliphatic hydroxyl groups excluding tert-OH is 1. The predicted molar refractivity (Wildman–Crippen MR) is 130 cm³/mol. The smallest absolute Gasteiger partial charge is 0.246 e. The Morgan fingerprint density at radius 2 is 1.36 bits per heavy atom. The Morgan fingerprint density at radius 1 is 0.889 bits per heavy atom. The van der Waals surface area contributed by atoms with E-state index in [9.17, 15) is 19.5 Å². The molecule has 1 rings (SSSR count). The number of aldehydes is 1. The van der Waals surface area contributed by atoms with E-state index < -0.39 is 17.6 Å². The van der Waals surface area contributed by atoms with E-state index >= 15 is 0 Å². The minimum absolute atomic E-state index is 0.0823. The zero-order chi connectivity index (χ0) is 26.7. The van der Waals surface area contributed by atoms with Gasteiger partial charge in [0.15, 0.2) is 0 Å². The van der Waals surface area contributed by atoms with Crippen LogP contribution in [0.3, 0.4) is 0 Å². The Morgan fingerprint density at radius 3 is 1.78 bits per heavy atom. The van der Waals surface area contributed by atoms with Crippen LogP contribution >= 0.6 is 0 Å². The number of aliphatic hydroxyl groups is 1. The molecule has 1 saturated heterocycles. The van der Waals surface area contributed by atoms with Gasteiger partial charge in [-0.05, 0) is 11.8 Å². The molecule has 0 spiro atoms. The maximum absolute atomic E-state index is 12.8. The average molecular weight is 521 g/mol. The van der Waals surface area contributed by atoms with Crippen molar-refractivity contribution in [3.63, 3.8) is 0 Å². The van der Waals surface area contributed by atoms with Gasteiger partial charge in [-0.3, -0.25) is 9.59 Å². The number of amides is 2. The van der Waals surface area contributed by atoms with Crippen molar-refractivity contribution in [1.82, 2.24) is 10.2 Å². The van der Waals surface area contributed by atoms with Crippen LogP contribution < -0.4 is 5.32 Å². The summed E-state index contributed by atoms with van der Waals surface area (Å²) in [6, 6.07) is -0.697. The molecule has 36 heavy (non-hydrogen) atoms. The molecule has 0 unspecified atom stereocenters. The minimum atomic E-state index is -0.697. The Labute approximate surface area is 213 Å². The fraction of sp³-hybridized carbons (Fsp3) is 0.875. The van der Waals surface area contributed by atoms with Crippen LogP contribution in [0.15, 0.2) is 0 Å². The van der Waals surface area contributed by atoms with Gasteiger partial charge in [-0.2, -0.15) is 0 Å². The number of carbonyl (C=O) groups excluding carboxylic acids is 3. The molecule has 1 heterocycles. The molecule has 1 aliphatic rings. The Kier molecular flexibility index (Phi) is 17.5. The fourth-order valence-corrected chi connectivity index (χ4v) is 3.27. The van der Waals surface area contributed by atoms with Gasteiger partial charge in [0.1, 0.15) is 25.5 Å². The molecule has 0 radical (unpaired) electrons. The third-order valence-corrected chi connectivity index (χ3v) is 5.17. The third-order valence-electron chi connectivity index (χ3n) is 5.17. The molecule has 12 nitrogen and oxygen atoms in total. The molecular formula is C24H44N2O10. The lowest BCUT2D eigenvalue weighted by Gasteiger charge is -2.33. The molecule has 12 heteroatoms. The van der Waals surface area contributed by atoms with E-state index in [-0.39, 0.29) is 31.6 Å². The van der Waals surface area contributed by atoms with E-state index in [1.54, 1.807) is 4.90 Å². The normalized spacial score (nSPS) is 16.8. The topological polar surface area (TPSA) is 142 Å². The van der Waals surface area contributed by atoms with Gasteiger partial charge in [-0.15, -0.1) is 0 Å². The maximum Gasteiger partial charge on any atom is 0.246 e. The zero-order valence-electron chi connectivity index (χ0n) is 21.9. The first-order chi connectivity index (χ1) is 17.3. The van der Waals surface area contributed by atoms with Gasteiger partial charge >= 0.3 is 0 Å². The van der Waals surface area contributed by atoms with E-state index in [4.69, 9.17) is 28.4 Å². The number of nitrogens with zero attached hydrogens (tertiary/aromatic N) is 1. The molecule has 0 bridgehead atoms. The first kappa shape index (κ1) is 32.4. The van der Waals surface area contributed by atoms with Crippen molar-refractivity contribution in [1.29, 1.82) is 0 Å².